The van der Waals surface area contributed by atoms with E-state index in [1.807, 2.05) is 11.7 Å². The van der Waals surface area contributed by atoms with E-state index in [1.54, 1.807) is 11.3 Å². The number of thiazole rings is 1. The van der Waals surface area contributed by atoms with Crippen LogP contribution >= 0.6 is 11.3 Å². The number of rotatable bonds is 4. The van der Waals surface area contributed by atoms with E-state index >= 15 is 0 Å². The molecule has 1 aromatic rings. The lowest BCUT2D eigenvalue weighted by Crippen LogP contribution is -2.34. The summed E-state index contributed by atoms with van der Waals surface area (Å²) in [5.74, 6) is 0.983. The van der Waals surface area contributed by atoms with Gasteiger partial charge in [-0.05, 0) is 38.5 Å². The second kappa shape index (κ2) is 5.78. The third kappa shape index (κ3) is 3.05. The van der Waals surface area contributed by atoms with Gasteiger partial charge in [0.05, 0.1) is 5.51 Å². The number of nitrogens with one attached hydrogen (secondary N) is 1. The van der Waals surface area contributed by atoms with Crippen LogP contribution in [-0.4, -0.2) is 11.0 Å². The molecule has 3 heteroatoms. The highest BCUT2D eigenvalue weighted by atomic mass is 32.1. The van der Waals surface area contributed by atoms with Crippen molar-refractivity contribution in [1.82, 2.24) is 10.3 Å². The van der Waals surface area contributed by atoms with Gasteiger partial charge in [0.25, 0.3) is 0 Å². The first-order chi connectivity index (χ1) is 7.79. The highest BCUT2D eigenvalue weighted by molar-refractivity contribution is 7.09. The zero-order valence-electron chi connectivity index (χ0n) is 10.3. The van der Waals surface area contributed by atoms with Crippen molar-refractivity contribution in [2.75, 3.05) is 0 Å². The minimum Gasteiger partial charge on any atom is -0.307 e. The van der Waals surface area contributed by atoms with Gasteiger partial charge in [0.2, 0.25) is 0 Å². The minimum absolute atomic E-state index is 0.468. The summed E-state index contributed by atoms with van der Waals surface area (Å²) >= 11 is 1.75. The molecule has 0 aliphatic heterocycles. The van der Waals surface area contributed by atoms with Gasteiger partial charge in [0.15, 0.2) is 0 Å². The monoisotopic (exact) mass is 238 g/mol. The van der Waals surface area contributed by atoms with Crippen molar-refractivity contribution < 1.29 is 0 Å². The molecule has 2 nitrogen and oxygen atoms in total. The van der Waals surface area contributed by atoms with Crippen LogP contribution in [0.2, 0.25) is 0 Å². The molecule has 1 aliphatic carbocycles. The molecule has 1 saturated carbocycles. The molecule has 1 atom stereocenters. The summed E-state index contributed by atoms with van der Waals surface area (Å²) in [7, 11) is 0. The first-order valence-corrected chi connectivity index (χ1v) is 7.32. The van der Waals surface area contributed by atoms with Crippen molar-refractivity contribution in [2.24, 2.45) is 5.92 Å². The van der Waals surface area contributed by atoms with Crippen LogP contribution in [0.3, 0.4) is 0 Å². The summed E-state index contributed by atoms with van der Waals surface area (Å²) in [6.07, 6.45) is 8.85. The van der Waals surface area contributed by atoms with Crippen LogP contribution in [0, 0.1) is 5.92 Å². The molecular weight excluding hydrogens is 216 g/mol. The lowest BCUT2D eigenvalue weighted by atomic mass is 9.84. The quantitative estimate of drug-likeness (QED) is 0.864. The Morgan fingerprint density at radius 3 is 2.75 bits per heavy atom. The van der Waals surface area contributed by atoms with E-state index < -0.39 is 0 Å². The van der Waals surface area contributed by atoms with E-state index in [4.69, 9.17) is 0 Å². The molecule has 1 aliphatic rings. The molecule has 0 bridgehead atoms. The van der Waals surface area contributed by atoms with Crippen LogP contribution in [0.25, 0.3) is 0 Å². The molecule has 0 saturated heterocycles. The van der Waals surface area contributed by atoms with E-state index in [9.17, 15) is 0 Å². The molecule has 16 heavy (non-hydrogen) atoms. The molecule has 0 aromatic carbocycles. The lowest BCUT2D eigenvalue weighted by molar-refractivity contribution is 0.274. The molecule has 1 unspecified atom stereocenters. The largest absolute Gasteiger partial charge is 0.307 e. The fourth-order valence-electron chi connectivity index (χ4n) is 2.61. The lowest BCUT2D eigenvalue weighted by Gasteiger charge is -2.30. The van der Waals surface area contributed by atoms with Crippen LogP contribution in [0.4, 0.5) is 0 Å². The smallest absolute Gasteiger partial charge is 0.0794 e. The molecule has 0 spiro atoms. The maximum Gasteiger partial charge on any atom is 0.0794 e. The predicted octanol–water partition coefficient (Wildman–Crippen LogP) is 3.76. The number of aromatic nitrogens is 1. The normalized spacial score (nSPS) is 27.9. The molecule has 2 rings (SSSR count). The number of hydrogen-bond acceptors (Lipinski definition) is 3. The van der Waals surface area contributed by atoms with Crippen LogP contribution in [0.1, 0.15) is 56.9 Å². The van der Waals surface area contributed by atoms with Gasteiger partial charge in [-0.3, -0.25) is 4.98 Å². The highest BCUT2D eigenvalue weighted by Crippen LogP contribution is 2.28. The van der Waals surface area contributed by atoms with E-state index in [2.05, 4.69) is 24.1 Å². The van der Waals surface area contributed by atoms with Crippen molar-refractivity contribution in [2.45, 2.75) is 58.0 Å². The topological polar surface area (TPSA) is 24.9 Å². The Bertz CT molecular complexity index is 289. The highest BCUT2D eigenvalue weighted by Gasteiger charge is 2.21. The van der Waals surface area contributed by atoms with Crippen molar-refractivity contribution in [3.63, 3.8) is 0 Å². The molecule has 1 fully saturated rings. The summed E-state index contributed by atoms with van der Waals surface area (Å²) in [6.45, 7) is 4.57. The minimum atomic E-state index is 0.468. The zero-order chi connectivity index (χ0) is 11.4. The Morgan fingerprint density at radius 2 is 2.19 bits per heavy atom. The zero-order valence-corrected chi connectivity index (χ0v) is 11.1. The van der Waals surface area contributed by atoms with Crippen LogP contribution in [0.15, 0.2) is 11.7 Å². The van der Waals surface area contributed by atoms with Gasteiger partial charge in [-0.15, -0.1) is 11.3 Å². The van der Waals surface area contributed by atoms with Gasteiger partial charge in [0, 0.05) is 23.2 Å². The Hall–Kier alpha value is -0.410. The average Bonchev–Trinajstić information content (AvgIpc) is 2.83. The molecule has 0 amide bonds. The summed E-state index contributed by atoms with van der Waals surface area (Å²) in [6, 6.07) is 1.19. The van der Waals surface area contributed by atoms with Gasteiger partial charge in [-0.25, -0.2) is 0 Å². The summed E-state index contributed by atoms with van der Waals surface area (Å²) in [4.78, 5) is 5.50. The first-order valence-electron chi connectivity index (χ1n) is 6.44. The Balaban J connectivity index is 1.78. The fourth-order valence-corrected chi connectivity index (χ4v) is 3.25. The van der Waals surface area contributed by atoms with Gasteiger partial charge >= 0.3 is 0 Å². The molecule has 1 N–H and O–H groups in total. The third-order valence-electron chi connectivity index (χ3n) is 3.79. The van der Waals surface area contributed by atoms with Gasteiger partial charge in [0.1, 0.15) is 0 Å². The fraction of sp³-hybridized carbons (Fsp3) is 0.769. The summed E-state index contributed by atoms with van der Waals surface area (Å²) in [5.41, 5.74) is 1.92. The average molecular weight is 238 g/mol. The first kappa shape index (κ1) is 12.1. The maximum absolute atomic E-state index is 4.14. The SMILES string of the molecule is CCC1CCC(NC(C)c2cncs2)CC1. The van der Waals surface area contributed by atoms with E-state index in [1.165, 1.54) is 37.0 Å². The molecular formula is C13H22N2S. The Morgan fingerprint density at radius 1 is 1.44 bits per heavy atom. The van der Waals surface area contributed by atoms with Gasteiger partial charge in [-0.2, -0.15) is 0 Å². The standard InChI is InChI=1S/C13H22N2S/c1-3-11-4-6-12(7-5-11)15-10(2)13-8-14-9-16-13/h8-12,15H,3-7H2,1-2H3. The molecule has 0 radical (unpaired) electrons. The summed E-state index contributed by atoms with van der Waals surface area (Å²) in [5, 5.41) is 3.74. The third-order valence-corrected chi connectivity index (χ3v) is 4.75. The van der Waals surface area contributed by atoms with Crippen molar-refractivity contribution in [3.05, 3.63) is 16.6 Å². The second-order valence-corrected chi connectivity index (χ2v) is 5.84. The van der Waals surface area contributed by atoms with E-state index in [0.29, 0.717) is 6.04 Å². The number of nitrogens with zero attached hydrogens (tertiary/aromatic N) is 1. The van der Waals surface area contributed by atoms with Crippen LogP contribution in [0.5, 0.6) is 0 Å². The maximum atomic E-state index is 4.14. The Labute approximate surface area is 102 Å². The van der Waals surface area contributed by atoms with Crippen LogP contribution < -0.4 is 5.32 Å². The van der Waals surface area contributed by atoms with Gasteiger partial charge in [-0.1, -0.05) is 13.3 Å². The van der Waals surface area contributed by atoms with Gasteiger partial charge < -0.3 is 5.32 Å². The second-order valence-electron chi connectivity index (χ2n) is 4.92. The predicted molar refractivity (Wildman–Crippen MR) is 69.7 cm³/mol. The van der Waals surface area contributed by atoms with Crippen molar-refractivity contribution in [3.8, 4) is 0 Å². The molecule has 90 valence electrons. The van der Waals surface area contributed by atoms with E-state index in [-0.39, 0.29) is 0 Å². The Kier molecular flexibility index (Phi) is 4.36. The van der Waals surface area contributed by atoms with Crippen molar-refractivity contribution >= 4 is 11.3 Å². The van der Waals surface area contributed by atoms with Crippen molar-refractivity contribution in [1.29, 1.82) is 0 Å². The van der Waals surface area contributed by atoms with E-state index in [0.717, 1.165) is 12.0 Å². The van der Waals surface area contributed by atoms with Crippen LogP contribution in [-0.2, 0) is 0 Å². The molecule has 1 aromatic heterocycles. The summed E-state index contributed by atoms with van der Waals surface area (Å²) < 4.78 is 0. The number of hydrogen-bond donors (Lipinski definition) is 1. The molecule has 1 heterocycles.